The van der Waals surface area contributed by atoms with Crippen LogP contribution in [0.15, 0.2) is 53.7 Å². The van der Waals surface area contributed by atoms with Crippen molar-refractivity contribution >= 4 is 40.8 Å². The molecule has 0 atom stereocenters. The molecule has 2 aromatic carbocycles. The van der Waals surface area contributed by atoms with E-state index in [0.717, 1.165) is 0 Å². The normalized spacial score (nSPS) is 13.7. The number of hydrogen-bond acceptors (Lipinski definition) is 6. The largest absolute Gasteiger partial charge is 0.466 e. The highest BCUT2D eigenvalue weighted by Crippen LogP contribution is 2.36. The van der Waals surface area contributed by atoms with Crippen LogP contribution in [0.5, 0.6) is 11.5 Å². The maximum Gasteiger partial charge on any atom is 0.337 e. The van der Waals surface area contributed by atoms with Gasteiger partial charge in [0.05, 0.1) is 36.5 Å². The zero-order chi connectivity index (χ0) is 21.0. The number of anilines is 1. The molecule has 29 heavy (non-hydrogen) atoms. The van der Waals surface area contributed by atoms with E-state index in [-0.39, 0.29) is 31.0 Å². The minimum atomic E-state index is -0.625. The van der Waals surface area contributed by atoms with Crippen LogP contribution in [-0.2, 0) is 14.3 Å². The van der Waals surface area contributed by atoms with E-state index in [1.54, 1.807) is 42.5 Å². The first-order chi connectivity index (χ1) is 13.9. The van der Waals surface area contributed by atoms with Gasteiger partial charge in [-0.3, -0.25) is 4.79 Å². The molecule has 0 aliphatic carbocycles. The number of aliphatic hydroxyl groups excluding tert-OH is 1. The lowest BCUT2D eigenvalue weighted by Crippen LogP contribution is -2.31. The fourth-order valence-corrected chi connectivity index (χ4v) is 3.27. The first-order valence-electron chi connectivity index (χ1n) is 8.65. The first-order valence-corrected chi connectivity index (χ1v) is 9.40. The Morgan fingerprint density at radius 2 is 1.97 bits per heavy atom. The Hall–Kier alpha value is -2.74. The van der Waals surface area contributed by atoms with E-state index in [4.69, 9.17) is 37.8 Å². The van der Waals surface area contributed by atoms with Gasteiger partial charge in [-0.2, -0.15) is 0 Å². The molecule has 0 unspecified atom stereocenters. The Kier molecular flexibility index (Phi) is 6.64. The summed E-state index contributed by atoms with van der Waals surface area (Å²) < 4.78 is 10.7. The predicted octanol–water partition coefficient (Wildman–Crippen LogP) is 3.46. The van der Waals surface area contributed by atoms with Crippen molar-refractivity contribution in [2.24, 2.45) is 0 Å². The minimum Gasteiger partial charge on any atom is -0.466 e. The SMILES string of the molecule is COC(=O)C1=C(Nc2ccccc2Oc2ccc(Cl)cc2Cl)C(=O)N(CCO)C1. The summed E-state index contributed by atoms with van der Waals surface area (Å²) in [6, 6.07) is 11.7. The zero-order valence-corrected chi connectivity index (χ0v) is 17.0. The third-order valence-electron chi connectivity index (χ3n) is 4.21. The number of methoxy groups -OCH3 is 1. The smallest absolute Gasteiger partial charge is 0.337 e. The first kappa shape index (κ1) is 21.0. The van der Waals surface area contributed by atoms with Gasteiger partial charge in [-0.15, -0.1) is 0 Å². The van der Waals surface area contributed by atoms with Gasteiger partial charge >= 0.3 is 5.97 Å². The zero-order valence-electron chi connectivity index (χ0n) is 15.4. The number of hydrogen-bond donors (Lipinski definition) is 2. The number of carbonyl (C=O) groups is 2. The molecule has 0 fully saturated rings. The van der Waals surface area contributed by atoms with Crippen molar-refractivity contribution in [2.45, 2.75) is 0 Å². The molecular weight excluding hydrogens is 419 g/mol. The highest BCUT2D eigenvalue weighted by Gasteiger charge is 2.34. The fraction of sp³-hybridized carbons (Fsp3) is 0.200. The summed E-state index contributed by atoms with van der Waals surface area (Å²) in [5.41, 5.74) is 0.697. The molecule has 2 aromatic rings. The number of aliphatic hydroxyl groups is 1. The number of halogens is 2. The average molecular weight is 437 g/mol. The van der Waals surface area contributed by atoms with Crippen LogP contribution in [0.4, 0.5) is 5.69 Å². The van der Waals surface area contributed by atoms with Gasteiger partial charge in [-0.25, -0.2) is 4.79 Å². The van der Waals surface area contributed by atoms with Crippen molar-refractivity contribution in [3.05, 3.63) is 63.8 Å². The molecule has 0 saturated carbocycles. The Morgan fingerprint density at radius 3 is 2.66 bits per heavy atom. The lowest BCUT2D eigenvalue weighted by atomic mass is 10.2. The van der Waals surface area contributed by atoms with E-state index in [9.17, 15) is 9.59 Å². The Labute approximate surface area is 177 Å². The summed E-state index contributed by atoms with van der Waals surface area (Å²) >= 11 is 12.1. The monoisotopic (exact) mass is 436 g/mol. The maximum atomic E-state index is 12.7. The lowest BCUT2D eigenvalue weighted by Gasteiger charge is -2.16. The summed E-state index contributed by atoms with van der Waals surface area (Å²) in [5.74, 6) is -0.270. The van der Waals surface area contributed by atoms with E-state index in [2.05, 4.69) is 5.32 Å². The predicted molar refractivity (Wildman–Crippen MR) is 109 cm³/mol. The Bertz CT molecular complexity index is 977. The molecule has 0 bridgehead atoms. The molecule has 0 aromatic heterocycles. The molecule has 7 nitrogen and oxygen atoms in total. The number of rotatable bonds is 7. The van der Waals surface area contributed by atoms with E-state index >= 15 is 0 Å². The Morgan fingerprint density at radius 1 is 1.21 bits per heavy atom. The van der Waals surface area contributed by atoms with E-state index in [0.29, 0.717) is 27.2 Å². The standard InChI is InChI=1S/C20H18Cl2N2O5/c1-28-20(27)13-11-24(8-9-25)19(26)18(13)23-15-4-2-3-5-17(15)29-16-7-6-12(21)10-14(16)22/h2-7,10,23,25H,8-9,11H2,1H3. The van der Waals surface area contributed by atoms with E-state index in [1.807, 2.05) is 0 Å². The number of para-hydroxylation sites is 2. The third-order valence-corrected chi connectivity index (χ3v) is 4.74. The van der Waals surface area contributed by atoms with Gasteiger partial charge in [-0.1, -0.05) is 35.3 Å². The number of benzene rings is 2. The number of amides is 1. The topological polar surface area (TPSA) is 88.1 Å². The third kappa shape index (κ3) is 4.64. The van der Waals surface area contributed by atoms with Gasteiger partial charge in [0.25, 0.3) is 5.91 Å². The van der Waals surface area contributed by atoms with Crippen molar-refractivity contribution in [3.63, 3.8) is 0 Å². The van der Waals surface area contributed by atoms with Crippen LogP contribution >= 0.6 is 23.2 Å². The molecule has 1 aliphatic rings. The van der Waals surface area contributed by atoms with Gasteiger partial charge in [-0.05, 0) is 30.3 Å². The van der Waals surface area contributed by atoms with Gasteiger partial charge < -0.3 is 24.8 Å². The average Bonchev–Trinajstić information content (AvgIpc) is 3.01. The molecule has 152 valence electrons. The van der Waals surface area contributed by atoms with Crippen LogP contribution in [0.1, 0.15) is 0 Å². The maximum absolute atomic E-state index is 12.7. The lowest BCUT2D eigenvalue weighted by molar-refractivity contribution is -0.136. The molecule has 0 radical (unpaired) electrons. The quantitative estimate of drug-likeness (QED) is 0.646. The molecule has 1 aliphatic heterocycles. The second kappa shape index (κ2) is 9.17. The van der Waals surface area contributed by atoms with Crippen LogP contribution < -0.4 is 10.1 Å². The number of nitrogens with one attached hydrogen (secondary N) is 1. The number of carbonyl (C=O) groups excluding carboxylic acids is 2. The second-order valence-electron chi connectivity index (χ2n) is 6.09. The molecule has 0 spiro atoms. The minimum absolute atomic E-state index is 0.0421. The van der Waals surface area contributed by atoms with Crippen LogP contribution in [0.2, 0.25) is 10.0 Å². The van der Waals surface area contributed by atoms with Crippen molar-refractivity contribution in [3.8, 4) is 11.5 Å². The van der Waals surface area contributed by atoms with Gasteiger partial charge in [0.1, 0.15) is 11.4 Å². The molecule has 1 amide bonds. The van der Waals surface area contributed by atoms with Crippen molar-refractivity contribution < 1.29 is 24.2 Å². The van der Waals surface area contributed by atoms with Crippen molar-refractivity contribution in [1.82, 2.24) is 4.90 Å². The highest BCUT2D eigenvalue weighted by molar-refractivity contribution is 6.35. The van der Waals surface area contributed by atoms with E-state index < -0.39 is 11.9 Å². The summed E-state index contributed by atoms with van der Waals surface area (Å²) in [6.45, 7) is -0.0777. The molecule has 3 rings (SSSR count). The van der Waals surface area contributed by atoms with Gasteiger partial charge in [0.2, 0.25) is 0 Å². The van der Waals surface area contributed by atoms with Crippen molar-refractivity contribution in [1.29, 1.82) is 0 Å². The number of β-amino-alcohol motifs (C(OH)–C–C–N with tert-alkyl or cyclic N) is 1. The summed E-state index contributed by atoms with van der Waals surface area (Å²) in [6.07, 6.45) is 0. The van der Waals surface area contributed by atoms with Crippen LogP contribution in [-0.4, -0.2) is 48.7 Å². The summed E-state index contributed by atoms with van der Waals surface area (Å²) in [7, 11) is 1.24. The number of ether oxygens (including phenoxy) is 2. The number of esters is 1. The fourth-order valence-electron chi connectivity index (χ4n) is 2.82. The second-order valence-corrected chi connectivity index (χ2v) is 6.94. The molecule has 1 heterocycles. The summed E-state index contributed by atoms with van der Waals surface area (Å²) in [5, 5.41) is 12.9. The molecule has 2 N–H and O–H groups in total. The van der Waals surface area contributed by atoms with Gasteiger partial charge in [0, 0.05) is 11.6 Å². The summed E-state index contributed by atoms with van der Waals surface area (Å²) in [4.78, 5) is 26.2. The van der Waals surface area contributed by atoms with Crippen molar-refractivity contribution in [2.75, 3.05) is 32.1 Å². The van der Waals surface area contributed by atoms with Crippen LogP contribution in [0, 0.1) is 0 Å². The van der Waals surface area contributed by atoms with Gasteiger partial charge in [0.15, 0.2) is 5.75 Å². The molecule has 9 heteroatoms. The molecular formula is C20H18Cl2N2O5. The van der Waals surface area contributed by atoms with Crippen LogP contribution in [0.25, 0.3) is 0 Å². The van der Waals surface area contributed by atoms with E-state index in [1.165, 1.54) is 12.0 Å². The Balaban J connectivity index is 1.92. The number of nitrogens with zero attached hydrogens (tertiary/aromatic N) is 1. The highest BCUT2D eigenvalue weighted by atomic mass is 35.5. The molecule has 0 saturated heterocycles. The van der Waals surface area contributed by atoms with Crippen LogP contribution in [0.3, 0.4) is 0 Å².